The molecule has 2 aromatic heterocycles. The highest BCUT2D eigenvalue weighted by Crippen LogP contribution is 2.34. The maximum Gasteiger partial charge on any atom is 0.264 e. The van der Waals surface area contributed by atoms with Crippen molar-refractivity contribution in [1.29, 1.82) is 0 Å². The van der Waals surface area contributed by atoms with Crippen molar-refractivity contribution in [2.45, 2.75) is 6.61 Å². The maximum atomic E-state index is 6.02. The number of halogens is 4. The molecule has 0 aliphatic heterocycles. The van der Waals surface area contributed by atoms with Gasteiger partial charge in [-0.3, -0.25) is 0 Å². The summed E-state index contributed by atoms with van der Waals surface area (Å²) < 4.78 is 16.5. The van der Waals surface area contributed by atoms with E-state index in [0.29, 0.717) is 37.1 Å². The molecular formula is C13H6BrCl3N2O3. The van der Waals surface area contributed by atoms with Gasteiger partial charge >= 0.3 is 0 Å². The van der Waals surface area contributed by atoms with Crippen molar-refractivity contribution in [2.24, 2.45) is 0 Å². The molecular weight excluding hydrogens is 418 g/mol. The van der Waals surface area contributed by atoms with Gasteiger partial charge in [0.15, 0.2) is 17.0 Å². The Morgan fingerprint density at radius 1 is 1.09 bits per heavy atom. The van der Waals surface area contributed by atoms with E-state index in [1.807, 2.05) is 0 Å². The van der Waals surface area contributed by atoms with Crippen molar-refractivity contribution in [3.8, 4) is 17.3 Å². The number of furan rings is 1. The Balaban J connectivity index is 1.72. The van der Waals surface area contributed by atoms with Crippen LogP contribution in [0.5, 0.6) is 5.75 Å². The van der Waals surface area contributed by atoms with Crippen LogP contribution < -0.4 is 4.74 Å². The molecule has 0 aliphatic rings. The van der Waals surface area contributed by atoms with Crippen LogP contribution >= 0.6 is 50.7 Å². The zero-order valence-electron chi connectivity index (χ0n) is 10.6. The fourth-order valence-electron chi connectivity index (χ4n) is 1.60. The fraction of sp³-hybridized carbons (Fsp3) is 0.0769. The topological polar surface area (TPSA) is 61.3 Å². The normalized spacial score (nSPS) is 10.9. The largest absolute Gasteiger partial charge is 0.482 e. The Morgan fingerprint density at radius 2 is 1.86 bits per heavy atom. The predicted molar refractivity (Wildman–Crippen MR) is 85.5 cm³/mol. The van der Waals surface area contributed by atoms with Crippen molar-refractivity contribution in [1.82, 2.24) is 10.1 Å². The molecule has 2 heterocycles. The Morgan fingerprint density at radius 3 is 2.59 bits per heavy atom. The van der Waals surface area contributed by atoms with Crippen LogP contribution in [0.1, 0.15) is 5.89 Å². The zero-order chi connectivity index (χ0) is 15.7. The summed E-state index contributed by atoms with van der Waals surface area (Å²) in [7, 11) is 0. The van der Waals surface area contributed by atoms with E-state index in [-0.39, 0.29) is 12.5 Å². The molecule has 3 rings (SSSR count). The molecule has 0 aliphatic carbocycles. The van der Waals surface area contributed by atoms with Gasteiger partial charge in [0.1, 0.15) is 5.75 Å². The van der Waals surface area contributed by atoms with Crippen molar-refractivity contribution >= 4 is 50.7 Å². The second-order valence-corrected chi connectivity index (χ2v) is 6.10. The molecule has 0 amide bonds. The van der Waals surface area contributed by atoms with Gasteiger partial charge in [0.25, 0.3) is 5.89 Å². The van der Waals surface area contributed by atoms with Crippen LogP contribution in [0.15, 0.2) is 37.9 Å². The first-order chi connectivity index (χ1) is 10.5. The van der Waals surface area contributed by atoms with Crippen molar-refractivity contribution in [2.75, 3.05) is 0 Å². The van der Waals surface area contributed by atoms with E-state index in [2.05, 4.69) is 26.1 Å². The molecule has 0 unspecified atom stereocenters. The van der Waals surface area contributed by atoms with E-state index in [1.165, 1.54) is 12.1 Å². The highest BCUT2D eigenvalue weighted by Gasteiger charge is 2.14. The lowest BCUT2D eigenvalue weighted by Gasteiger charge is -2.06. The monoisotopic (exact) mass is 422 g/mol. The van der Waals surface area contributed by atoms with Gasteiger partial charge in [-0.05, 0) is 34.1 Å². The molecule has 0 bridgehead atoms. The summed E-state index contributed by atoms with van der Waals surface area (Å²) in [6.07, 6.45) is 0. The summed E-state index contributed by atoms with van der Waals surface area (Å²) in [4.78, 5) is 4.16. The first kappa shape index (κ1) is 15.7. The number of hydrogen-bond donors (Lipinski definition) is 0. The van der Waals surface area contributed by atoms with Crippen LogP contribution in [0.3, 0.4) is 0 Å². The number of rotatable bonds is 4. The molecule has 0 atom stereocenters. The minimum Gasteiger partial charge on any atom is -0.482 e. The van der Waals surface area contributed by atoms with Crippen LogP contribution in [0.4, 0.5) is 0 Å². The van der Waals surface area contributed by atoms with Gasteiger partial charge in [-0.1, -0.05) is 40.0 Å². The van der Waals surface area contributed by atoms with E-state index >= 15 is 0 Å². The third-order valence-electron chi connectivity index (χ3n) is 2.59. The Kier molecular flexibility index (Phi) is 4.63. The molecule has 0 N–H and O–H groups in total. The van der Waals surface area contributed by atoms with Crippen molar-refractivity contribution in [3.63, 3.8) is 0 Å². The van der Waals surface area contributed by atoms with Crippen LogP contribution in [0.2, 0.25) is 15.1 Å². The van der Waals surface area contributed by atoms with E-state index in [1.54, 1.807) is 12.1 Å². The van der Waals surface area contributed by atoms with Crippen LogP contribution in [-0.4, -0.2) is 10.1 Å². The second-order valence-electron chi connectivity index (χ2n) is 4.10. The van der Waals surface area contributed by atoms with Crippen LogP contribution in [0, 0.1) is 0 Å². The SMILES string of the molecule is Clc1cc(Cl)c(OCc2nc(-c3ccc(Br)o3)no2)cc1Cl. The van der Waals surface area contributed by atoms with E-state index < -0.39 is 0 Å². The second kappa shape index (κ2) is 6.50. The highest BCUT2D eigenvalue weighted by molar-refractivity contribution is 9.10. The fourth-order valence-corrected chi connectivity index (χ4v) is 2.50. The van der Waals surface area contributed by atoms with Crippen LogP contribution in [-0.2, 0) is 6.61 Å². The van der Waals surface area contributed by atoms with Crippen LogP contribution in [0.25, 0.3) is 11.6 Å². The van der Waals surface area contributed by atoms with Crippen molar-refractivity contribution < 1.29 is 13.7 Å². The van der Waals surface area contributed by atoms with E-state index in [0.717, 1.165) is 0 Å². The molecule has 0 radical (unpaired) electrons. The molecule has 0 saturated carbocycles. The third-order valence-corrected chi connectivity index (χ3v) is 4.03. The molecule has 1 aromatic carbocycles. The summed E-state index contributed by atoms with van der Waals surface area (Å²) >= 11 is 21.0. The maximum absolute atomic E-state index is 6.02. The Hall–Kier alpha value is -1.21. The average Bonchev–Trinajstić information content (AvgIpc) is 3.10. The van der Waals surface area contributed by atoms with Gasteiger partial charge < -0.3 is 13.7 Å². The quantitative estimate of drug-likeness (QED) is 0.508. The minimum atomic E-state index is 0.0343. The van der Waals surface area contributed by atoms with Gasteiger partial charge in [-0.2, -0.15) is 4.98 Å². The summed E-state index contributed by atoms with van der Waals surface area (Å²) in [5.74, 6) is 1.44. The van der Waals surface area contributed by atoms with Gasteiger partial charge in [-0.15, -0.1) is 0 Å². The molecule has 114 valence electrons. The number of aromatic nitrogens is 2. The smallest absolute Gasteiger partial charge is 0.264 e. The number of benzene rings is 1. The van der Waals surface area contributed by atoms with Gasteiger partial charge in [0.05, 0.1) is 15.1 Å². The lowest BCUT2D eigenvalue weighted by molar-refractivity contribution is 0.243. The lowest BCUT2D eigenvalue weighted by Crippen LogP contribution is -1.96. The Labute approximate surface area is 148 Å². The van der Waals surface area contributed by atoms with Crippen molar-refractivity contribution in [3.05, 3.63) is 49.9 Å². The van der Waals surface area contributed by atoms with Gasteiger partial charge in [0.2, 0.25) is 5.82 Å². The standard InChI is InChI=1S/C13H6BrCl3N2O3/c14-11-2-1-9(21-11)13-18-12(22-19-13)5-20-10-4-7(16)6(15)3-8(10)17/h1-4H,5H2. The predicted octanol–water partition coefficient (Wildman–Crippen LogP) is 5.63. The van der Waals surface area contributed by atoms with E-state index in [9.17, 15) is 0 Å². The molecule has 0 spiro atoms. The average molecular weight is 424 g/mol. The Bertz CT molecular complexity index is 819. The summed E-state index contributed by atoms with van der Waals surface area (Å²) in [6.45, 7) is 0.0343. The number of nitrogens with zero attached hydrogens (tertiary/aromatic N) is 2. The molecule has 9 heteroatoms. The van der Waals surface area contributed by atoms with Gasteiger partial charge in [-0.25, -0.2) is 0 Å². The molecule has 0 fully saturated rings. The minimum absolute atomic E-state index is 0.0343. The number of ether oxygens (including phenoxy) is 1. The van der Waals surface area contributed by atoms with Gasteiger partial charge in [0, 0.05) is 6.07 Å². The first-order valence-corrected chi connectivity index (χ1v) is 7.81. The zero-order valence-corrected chi connectivity index (χ0v) is 14.5. The molecule has 3 aromatic rings. The van der Waals surface area contributed by atoms with E-state index in [4.69, 9.17) is 48.5 Å². The summed E-state index contributed by atoms with van der Waals surface area (Å²) in [6, 6.07) is 6.47. The molecule has 5 nitrogen and oxygen atoms in total. The lowest BCUT2D eigenvalue weighted by atomic mass is 10.3. The summed E-state index contributed by atoms with van der Waals surface area (Å²) in [5.41, 5.74) is 0. The number of hydrogen-bond acceptors (Lipinski definition) is 5. The highest BCUT2D eigenvalue weighted by atomic mass is 79.9. The third kappa shape index (κ3) is 3.41. The first-order valence-electron chi connectivity index (χ1n) is 5.88. The molecule has 22 heavy (non-hydrogen) atoms. The summed E-state index contributed by atoms with van der Waals surface area (Å²) in [5, 5.41) is 4.83. The molecule has 0 saturated heterocycles.